The molecule has 3 heteroatoms. The van der Waals surface area contributed by atoms with Crippen molar-refractivity contribution in [3.8, 4) is 0 Å². The summed E-state index contributed by atoms with van der Waals surface area (Å²) in [5.74, 6) is 0.0566. The largest absolute Gasteiger partial charge is 0.399 e. The van der Waals surface area contributed by atoms with E-state index < -0.39 is 0 Å². The average molecular weight is 242 g/mol. The first-order chi connectivity index (χ1) is 8.65. The molecule has 0 bridgehead atoms. The molecule has 1 aromatic carbocycles. The Bertz CT molecular complexity index is 503. The molecule has 0 aliphatic carbocycles. The molecule has 1 amide bonds. The number of rotatable bonds is 2. The molecule has 0 radical (unpaired) electrons. The van der Waals surface area contributed by atoms with Crippen LogP contribution < -0.4 is 5.73 Å². The molecule has 3 nitrogen and oxygen atoms in total. The normalized spacial score (nSPS) is 15.8. The molecular weight excluding hydrogens is 224 g/mol. The lowest BCUT2D eigenvalue weighted by atomic mass is 10.1. The van der Waals surface area contributed by atoms with Crippen LogP contribution in [-0.2, 0) is 4.79 Å². The second-order valence-electron chi connectivity index (χ2n) is 4.59. The molecule has 94 valence electrons. The summed E-state index contributed by atoms with van der Waals surface area (Å²) in [5, 5.41) is 0. The number of nitrogens with zero attached hydrogens (tertiary/aromatic N) is 1. The zero-order valence-corrected chi connectivity index (χ0v) is 10.6. The van der Waals surface area contributed by atoms with E-state index >= 15 is 0 Å². The molecule has 0 unspecified atom stereocenters. The first-order valence-corrected chi connectivity index (χ1v) is 6.13. The van der Waals surface area contributed by atoms with E-state index in [4.69, 9.17) is 5.73 Å². The molecule has 18 heavy (non-hydrogen) atoms. The van der Waals surface area contributed by atoms with Gasteiger partial charge in [0.1, 0.15) is 0 Å². The first kappa shape index (κ1) is 12.4. The van der Waals surface area contributed by atoms with Gasteiger partial charge in [0.05, 0.1) is 0 Å². The maximum atomic E-state index is 11.9. The van der Waals surface area contributed by atoms with E-state index in [1.807, 2.05) is 35.2 Å². The van der Waals surface area contributed by atoms with Crippen molar-refractivity contribution in [2.24, 2.45) is 0 Å². The van der Waals surface area contributed by atoms with Gasteiger partial charge in [0.2, 0.25) is 5.91 Å². The minimum Gasteiger partial charge on any atom is -0.399 e. The van der Waals surface area contributed by atoms with Gasteiger partial charge in [0.15, 0.2) is 0 Å². The van der Waals surface area contributed by atoms with Gasteiger partial charge in [-0.1, -0.05) is 23.8 Å². The third-order valence-corrected chi connectivity index (χ3v) is 3.08. The van der Waals surface area contributed by atoms with Crippen LogP contribution in [0.3, 0.4) is 0 Å². The van der Waals surface area contributed by atoms with E-state index in [0.29, 0.717) is 12.2 Å². The van der Waals surface area contributed by atoms with Crippen LogP contribution in [-0.4, -0.2) is 23.9 Å². The van der Waals surface area contributed by atoms with Gasteiger partial charge in [-0.3, -0.25) is 4.79 Å². The second kappa shape index (κ2) is 5.54. The summed E-state index contributed by atoms with van der Waals surface area (Å²) in [7, 11) is 0. The van der Waals surface area contributed by atoms with Crippen LogP contribution in [0.4, 0.5) is 5.69 Å². The minimum atomic E-state index is 0.0566. The molecule has 1 heterocycles. The quantitative estimate of drug-likeness (QED) is 0.492. The zero-order valence-electron chi connectivity index (χ0n) is 10.6. The third kappa shape index (κ3) is 3.23. The number of amides is 1. The molecule has 2 N–H and O–H groups in total. The van der Waals surface area contributed by atoms with Crippen LogP contribution in [0, 0.1) is 0 Å². The molecule has 0 saturated heterocycles. The lowest BCUT2D eigenvalue weighted by molar-refractivity contribution is -0.125. The number of benzene rings is 1. The number of carbonyl (C=O) groups excluding carboxylic acids is 1. The van der Waals surface area contributed by atoms with E-state index in [0.717, 1.165) is 18.5 Å². The molecule has 0 saturated carbocycles. The van der Waals surface area contributed by atoms with E-state index in [1.54, 1.807) is 6.08 Å². The maximum Gasteiger partial charge on any atom is 0.246 e. The summed E-state index contributed by atoms with van der Waals surface area (Å²) in [6.45, 7) is 3.62. The van der Waals surface area contributed by atoms with Crippen LogP contribution in [0.2, 0.25) is 0 Å². The molecule has 0 aromatic heterocycles. The number of hydrogen-bond acceptors (Lipinski definition) is 2. The highest BCUT2D eigenvalue weighted by atomic mass is 16.2. The van der Waals surface area contributed by atoms with Crippen molar-refractivity contribution >= 4 is 17.7 Å². The molecule has 0 spiro atoms. The summed E-state index contributed by atoms with van der Waals surface area (Å²) in [6, 6.07) is 7.49. The predicted octanol–water partition coefficient (Wildman–Crippen LogP) is 2.46. The van der Waals surface area contributed by atoms with Crippen molar-refractivity contribution < 1.29 is 4.79 Å². The fourth-order valence-electron chi connectivity index (χ4n) is 1.91. The standard InChI is InChI=1S/C15H18N2O/c1-12-7-9-17(10-8-12)15(18)6-5-13-3-2-4-14(16)11-13/h2-7,11H,8-10,16H2,1H3/b6-5+. The summed E-state index contributed by atoms with van der Waals surface area (Å²) in [5.41, 5.74) is 8.71. The van der Waals surface area contributed by atoms with Crippen molar-refractivity contribution in [2.75, 3.05) is 18.8 Å². The van der Waals surface area contributed by atoms with Crippen LogP contribution in [0.5, 0.6) is 0 Å². The number of hydrogen-bond donors (Lipinski definition) is 1. The van der Waals surface area contributed by atoms with Crippen molar-refractivity contribution in [1.82, 2.24) is 4.90 Å². The SMILES string of the molecule is CC1=CCN(C(=O)/C=C/c2cccc(N)c2)CC1. The Kier molecular flexibility index (Phi) is 3.82. The van der Waals surface area contributed by atoms with Gasteiger partial charge in [-0.05, 0) is 37.1 Å². The number of nitrogens with two attached hydrogens (primary N) is 1. The Morgan fingerprint density at radius 1 is 1.44 bits per heavy atom. The molecule has 1 aromatic rings. The number of carbonyl (C=O) groups is 1. The van der Waals surface area contributed by atoms with E-state index in [-0.39, 0.29) is 5.91 Å². The van der Waals surface area contributed by atoms with E-state index in [1.165, 1.54) is 5.57 Å². The average Bonchev–Trinajstić information content (AvgIpc) is 2.37. The van der Waals surface area contributed by atoms with Crippen LogP contribution in [0.25, 0.3) is 6.08 Å². The molecular formula is C15H18N2O. The predicted molar refractivity (Wildman–Crippen MR) is 74.8 cm³/mol. The highest BCUT2D eigenvalue weighted by Gasteiger charge is 2.12. The van der Waals surface area contributed by atoms with E-state index in [9.17, 15) is 4.79 Å². The second-order valence-corrected chi connectivity index (χ2v) is 4.59. The summed E-state index contributed by atoms with van der Waals surface area (Å²) < 4.78 is 0. The van der Waals surface area contributed by atoms with Crippen LogP contribution in [0.15, 0.2) is 42.0 Å². The molecule has 2 rings (SSSR count). The fraction of sp³-hybridized carbons (Fsp3) is 0.267. The van der Waals surface area contributed by atoms with Crippen molar-refractivity contribution in [1.29, 1.82) is 0 Å². The van der Waals surface area contributed by atoms with Crippen LogP contribution >= 0.6 is 0 Å². The van der Waals surface area contributed by atoms with E-state index in [2.05, 4.69) is 13.0 Å². The van der Waals surface area contributed by atoms with Gasteiger partial charge in [0.25, 0.3) is 0 Å². The Labute approximate surface area is 108 Å². The summed E-state index contributed by atoms with van der Waals surface area (Å²) in [4.78, 5) is 13.8. The lowest BCUT2D eigenvalue weighted by Crippen LogP contribution is -2.33. The summed E-state index contributed by atoms with van der Waals surface area (Å²) in [6.07, 6.45) is 6.50. The molecule has 0 fully saturated rings. The topological polar surface area (TPSA) is 46.3 Å². The number of nitrogen functional groups attached to an aromatic ring is 1. The number of anilines is 1. The first-order valence-electron chi connectivity index (χ1n) is 6.13. The highest BCUT2D eigenvalue weighted by Crippen LogP contribution is 2.11. The summed E-state index contributed by atoms with van der Waals surface area (Å²) >= 11 is 0. The minimum absolute atomic E-state index is 0.0566. The van der Waals surface area contributed by atoms with Gasteiger partial charge >= 0.3 is 0 Å². The highest BCUT2D eigenvalue weighted by molar-refractivity contribution is 5.92. The Morgan fingerprint density at radius 3 is 2.94 bits per heavy atom. The molecule has 0 atom stereocenters. The lowest BCUT2D eigenvalue weighted by Gasteiger charge is -2.24. The monoisotopic (exact) mass is 242 g/mol. The molecule has 1 aliphatic rings. The molecule has 1 aliphatic heterocycles. The Hall–Kier alpha value is -2.03. The van der Waals surface area contributed by atoms with Gasteiger partial charge in [-0.2, -0.15) is 0 Å². The third-order valence-electron chi connectivity index (χ3n) is 3.08. The van der Waals surface area contributed by atoms with Crippen LogP contribution in [0.1, 0.15) is 18.9 Å². The fourth-order valence-corrected chi connectivity index (χ4v) is 1.91. The smallest absolute Gasteiger partial charge is 0.246 e. The van der Waals surface area contributed by atoms with Crippen molar-refractivity contribution in [3.05, 3.63) is 47.6 Å². The van der Waals surface area contributed by atoms with Gasteiger partial charge in [-0.15, -0.1) is 0 Å². The van der Waals surface area contributed by atoms with Gasteiger partial charge in [0, 0.05) is 24.9 Å². The van der Waals surface area contributed by atoms with Crippen molar-refractivity contribution in [2.45, 2.75) is 13.3 Å². The maximum absolute atomic E-state index is 11.9. The van der Waals surface area contributed by atoms with Gasteiger partial charge in [-0.25, -0.2) is 0 Å². The Balaban J connectivity index is 1.99. The Morgan fingerprint density at radius 2 is 2.28 bits per heavy atom. The van der Waals surface area contributed by atoms with Crippen molar-refractivity contribution in [3.63, 3.8) is 0 Å². The van der Waals surface area contributed by atoms with Gasteiger partial charge < -0.3 is 10.6 Å². The zero-order chi connectivity index (χ0) is 13.0.